The van der Waals surface area contributed by atoms with Crippen molar-refractivity contribution < 1.29 is 39.1 Å². The Kier molecular flexibility index (Phi) is 30.2. The summed E-state index contributed by atoms with van der Waals surface area (Å²) in [5.74, 6) is 0. The van der Waals surface area contributed by atoms with Crippen LogP contribution in [0.5, 0.6) is 0 Å². The Bertz CT molecular complexity index is 254. The predicted molar refractivity (Wildman–Crippen MR) is 104 cm³/mol. The summed E-state index contributed by atoms with van der Waals surface area (Å²) in [7, 11) is -4.64. The number of rotatable bonds is 16. The van der Waals surface area contributed by atoms with Crippen LogP contribution in [-0.4, -0.2) is 14.7 Å². The summed E-state index contributed by atoms with van der Waals surface area (Å²) >= 11 is 2.23. The molecule has 0 aromatic carbocycles. The molecule has 0 aromatic heterocycles. The van der Waals surface area contributed by atoms with Crippen LogP contribution in [0.25, 0.3) is 0 Å². The van der Waals surface area contributed by atoms with Crippen molar-refractivity contribution in [3.05, 3.63) is 0 Å². The average Bonchev–Trinajstić information content (AvgIpc) is 2.49. The minimum absolute atomic E-state index is 0. The van der Waals surface area contributed by atoms with Crippen molar-refractivity contribution in [3.8, 4) is 0 Å². The minimum Gasteiger partial charge on any atom is -0.344 e. The monoisotopic (exact) mass is 466 g/mol. The SMILES string of the molecule is CCCCCCCCCCCCCCCCC[CH2][Mo].N.O=P(O)(O)O. The summed E-state index contributed by atoms with van der Waals surface area (Å²) in [5, 5.41) is 0. The molecule has 0 saturated carbocycles. The van der Waals surface area contributed by atoms with Gasteiger partial charge in [-0.1, -0.05) is 39.0 Å². The van der Waals surface area contributed by atoms with Crippen molar-refractivity contribution in [2.45, 2.75) is 114 Å². The van der Waals surface area contributed by atoms with Crippen LogP contribution in [0.15, 0.2) is 0 Å². The molecule has 0 aliphatic heterocycles. The van der Waals surface area contributed by atoms with E-state index in [2.05, 4.69) is 26.7 Å². The van der Waals surface area contributed by atoms with Crippen molar-refractivity contribution in [2.75, 3.05) is 0 Å². The van der Waals surface area contributed by atoms with Crippen LogP contribution >= 0.6 is 7.82 Å². The van der Waals surface area contributed by atoms with E-state index in [1.807, 2.05) is 0 Å². The van der Waals surface area contributed by atoms with Crippen molar-refractivity contribution in [1.29, 1.82) is 0 Å². The van der Waals surface area contributed by atoms with E-state index in [1.165, 1.54) is 108 Å². The van der Waals surface area contributed by atoms with Crippen molar-refractivity contribution in [3.63, 3.8) is 0 Å². The Morgan fingerprint density at radius 2 is 0.800 bits per heavy atom. The molecule has 25 heavy (non-hydrogen) atoms. The zero-order chi connectivity index (χ0) is 18.5. The smallest absolute Gasteiger partial charge is 0.344 e. The van der Waals surface area contributed by atoms with E-state index < -0.39 is 7.82 Å². The quantitative estimate of drug-likeness (QED) is 0.119. The van der Waals surface area contributed by atoms with E-state index in [0.717, 1.165) is 0 Å². The van der Waals surface area contributed by atoms with E-state index in [-0.39, 0.29) is 6.15 Å². The number of phosphoric acid groups is 1. The Hall–Kier alpha value is 0.758. The van der Waals surface area contributed by atoms with E-state index >= 15 is 0 Å². The Morgan fingerprint density at radius 3 is 1.00 bits per heavy atom. The van der Waals surface area contributed by atoms with Gasteiger partial charge in [0.25, 0.3) is 0 Å². The molecule has 5 nitrogen and oxygen atoms in total. The van der Waals surface area contributed by atoms with Crippen molar-refractivity contribution in [2.24, 2.45) is 0 Å². The van der Waals surface area contributed by atoms with E-state index in [0.29, 0.717) is 0 Å². The summed E-state index contributed by atoms with van der Waals surface area (Å²) in [6.45, 7) is 2.30. The second-order valence-electron chi connectivity index (χ2n) is 6.52. The van der Waals surface area contributed by atoms with E-state index in [9.17, 15) is 0 Å². The first-order valence-electron chi connectivity index (χ1n) is 9.78. The molecular formula is C18H43MoNO4P. The molecule has 0 radical (unpaired) electrons. The molecule has 0 saturated heterocycles. The normalized spacial score (nSPS) is 10.7. The van der Waals surface area contributed by atoms with Crippen LogP contribution < -0.4 is 6.15 Å². The topological polar surface area (TPSA) is 113 Å². The van der Waals surface area contributed by atoms with Gasteiger partial charge in [0.15, 0.2) is 0 Å². The van der Waals surface area contributed by atoms with Gasteiger partial charge in [-0.25, -0.2) is 4.57 Å². The maximum atomic E-state index is 8.88. The molecule has 6 N–H and O–H groups in total. The molecule has 0 bridgehead atoms. The third kappa shape index (κ3) is 45.7. The fourth-order valence-electron chi connectivity index (χ4n) is 2.65. The van der Waals surface area contributed by atoms with Gasteiger partial charge < -0.3 is 20.8 Å². The zero-order valence-corrected chi connectivity index (χ0v) is 19.2. The molecule has 0 atom stereocenters. The number of hydrogen-bond donors (Lipinski definition) is 4. The Labute approximate surface area is 167 Å². The Morgan fingerprint density at radius 1 is 0.600 bits per heavy atom. The largest absolute Gasteiger partial charge is 0.466 e. The van der Waals surface area contributed by atoms with E-state index in [4.69, 9.17) is 19.2 Å². The molecule has 7 heteroatoms. The molecule has 0 heterocycles. The summed E-state index contributed by atoms with van der Waals surface area (Å²) in [5.41, 5.74) is 0. The number of unbranched alkanes of at least 4 members (excludes halogenated alkanes) is 15. The zero-order valence-electron chi connectivity index (χ0n) is 16.3. The van der Waals surface area contributed by atoms with Crippen LogP contribution in [0, 0.1) is 0 Å². The van der Waals surface area contributed by atoms with Gasteiger partial charge in [0.2, 0.25) is 0 Å². The molecule has 0 fully saturated rings. The van der Waals surface area contributed by atoms with Crippen LogP contribution in [-0.2, 0) is 24.4 Å². The van der Waals surface area contributed by atoms with Crippen molar-refractivity contribution >= 4 is 7.82 Å². The van der Waals surface area contributed by atoms with Gasteiger partial charge in [-0.3, -0.25) is 0 Å². The van der Waals surface area contributed by atoms with Crippen LogP contribution in [0.4, 0.5) is 0 Å². The predicted octanol–water partition coefficient (Wildman–Crippen LogP) is 6.45. The second kappa shape index (κ2) is 24.8. The van der Waals surface area contributed by atoms with Gasteiger partial charge >= 0.3 is 103 Å². The van der Waals surface area contributed by atoms with Gasteiger partial charge in [-0.05, 0) is 0 Å². The molecule has 0 spiro atoms. The summed E-state index contributed by atoms with van der Waals surface area (Å²) in [6.07, 6.45) is 23.5. The molecule has 0 rings (SSSR count). The van der Waals surface area contributed by atoms with Crippen LogP contribution in [0.3, 0.4) is 0 Å². The van der Waals surface area contributed by atoms with Gasteiger partial charge in [-0.15, -0.1) is 0 Å². The first-order chi connectivity index (χ1) is 11.4. The van der Waals surface area contributed by atoms with Crippen LogP contribution in [0.1, 0.15) is 110 Å². The standard InChI is InChI=1S/C18H37.Mo.H3N.H3O4P/c1-3-5-7-9-11-13-15-17-18-16-14-12-10-8-6-4-2;;;1-5(2,3)4/h1,3-18H2,2H3;;1H3;(H3,1,2,3,4). The molecular weight excluding hydrogens is 421 g/mol. The molecule has 155 valence electrons. The van der Waals surface area contributed by atoms with Crippen LogP contribution in [0.2, 0.25) is 4.81 Å². The van der Waals surface area contributed by atoms with Gasteiger partial charge in [0, 0.05) is 0 Å². The molecule has 0 aliphatic carbocycles. The molecule has 0 aliphatic rings. The minimum atomic E-state index is -4.64. The molecule has 0 aromatic rings. The van der Waals surface area contributed by atoms with Gasteiger partial charge in [0.05, 0.1) is 0 Å². The van der Waals surface area contributed by atoms with E-state index in [1.54, 1.807) is 0 Å². The molecule has 0 unspecified atom stereocenters. The first kappa shape index (κ1) is 30.5. The summed E-state index contributed by atoms with van der Waals surface area (Å²) in [4.78, 5) is 22.9. The summed E-state index contributed by atoms with van der Waals surface area (Å²) < 4.78 is 8.88. The second-order valence-corrected chi connectivity index (χ2v) is 8.55. The van der Waals surface area contributed by atoms with Gasteiger partial charge in [-0.2, -0.15) is 0 Å². The molecule has 0 amide bonds. The first-order valence-corrected chi connectivity index (χ1v) is 12.8. The maximum Gasteiger partial charge on any atom is 0.466 e. The average molecular weight is 464 g/mol. The van der Waals surface area contributed by atoms with Gasteiger partial charge in [0.1, 0.15) is 0 Å². The number of hydrogen-bond acceptors (Lipinski definition) is 2. The van der Waals surface area contributed by atoms with Crippen molar-refractivity contribution in [1.82, 2.24) is 6.15 Å². The summed E-state index contributed by atoms with van der Waals surface area (Å²) in [6, 6.07) is 0. The maximum absolute atomic E-state index is 8.88. The Balaban J connectivity index is -0.000000704. The fraction of sp³-hybridized carbons (Fsp3) is 1.00. The third-order valence-electron chi connectivity index (χ3n) is 4.00. The fourth-order valence-corrected chi connectivity index (χ4v) is 3.15. The third-order valence-corrected chi connectivity index (χ3v) is 4.71.